The molecule has 0 spiro atoms. The summed E-state index contributed by atoms with van der Waals surface area (Å²) in [5.41, 5.74) is 6.63. The van der Waals surface area contributed by atoms with Crippen molar-refractivity contribution in [3.8, 4) is 11.1 Å². The van der Waals surface area contributed by atoms with Crippen LogP contribution in [0.3, 0.4) is 0 Å². The number of pyridine rings is 2. The summed E-state index contributed by atoms with van der Waals surface area (Å²) in [6.45, 7) is 0. The quantitative estimate of drug-likeness (QED) is 0.108. The van der Waals surface area contributed by atoms with Gasteiger partial charge in [-0.1, -0.05) is 243 Å². The molecule has 10 aromatic rings. The van der Waals surface area contributed by atoms with Gasteiger partial charge >= 0.3 is 0 Å². The highest BCUT2D eigenvalue weighted by atomic mass is 31.1. The highest BCUT2D eigenvalue weighted by molar-refractivity contribution is 7.81. The van der Waals surface area contributed by atoms with Crippen LogP contribution in [0.2, 0.25) is 0 Å². The van der Waals surface area contributed by atoms with Crippen LogP contribution in [0.5, 0.6) is 0 Å². The lowest BCUT2D eigenvalue weighted by atomic mass is 10.1. The summed E-state index contributed by atoms with van der Waals surface area (Å²) in [5, 5.41) is 10.2. The molecule has 0 aliphatic rings. The molecule has 2 heterocycles. The Morgan fingerprint density at radius 1 is 0.188 bits per heavy atom. The van der Waals surface area contributed by atoms with E-state index in [2.05, 4.69) is 267 Å². The predicted octanol–water partition coefficient (Wildman–Crippen LogP) is 9.18. The molecule has 0 fully saturated rings. The third-order valence-corrected chi connectivity index (χ3v) is 20.2. The second-order valence-corrected chi connectivity index (χ2v) is 23.8. The van der Waals surface area contributed by atoms with Gasteiger partial charge in [0, 0.05) is 31.7 Å². The van der Waals surface area contributed by atoms with Crippen molar-refractivity contribution in [2.24, 2.45) is 0 Å². The van der Waals surface area contributed by atoms with Crippen LogP contribution in [-0.2, 0) is 0 Å². The average Bonchev–Trinajstić information content (AvgIpc) is 3.37. The average molecular weight is 893 g/mol. The molecule has 2 aromatic heterocycles. The molecule has 0 bridgehead atoms. The van der Waals surface area contributed by atoms with Gasteiger partial charge < -0.3 is 0 Å². The predicted molar refractivity (Wildman–Crippen MR) is 282 cm³/mol. The zero-order chi connectivity index (χ0) is 42.9. The smallest absolute Gasteiger partial charge is 0.0735 e. The zero-order valence-electron chi connectivity index (χ0n) is 35.1. The van der Waals surface area contributed by atoms with Crippen LogP contribution in [0.15, 0.2) is 267 Å². The number of rotatable bonds is 13. The monoisotopic (exact) mass is 892 g/mol. The Labute approximate surface area is 381 Å². The molecular weight excluding hydrogens is 849 g/mol. The zero-order valence-corrected chi connectivity index (χ0v) is 38.7. The van der Waals surface area contributed by atoms with Crippen molar-refractivity contribution >= 4 is 95.9 Å². The fraction of sp³-hybridized carbons (Fsp3) is 0. The Hall–Kier alpha value is -6.22. The van der Waals surface area contributed by atoms with Crippen molar-refractivity contribution in [2.45, 2.75) is 0 Å². The van der Waals surface area contributed by atoms with Crippen LogP contribution in [-0.4, -0.2) is 9.97 Å². The van der Waals surface area contributed by atoms with E-state index in [-0.39, 0.29) is 0 Å². The van der Waals surface area contributed by atoms with Crippen LogP contribution >= 0.6 is 31.7 Å². The van der Waals surface area contributed by atoms with Crippen molar-refractivity contribution in [2.75, 3.05) is 0 Å². The van der Waals surface area contributed by atoms with E-state index >= 15 is 0 Å². The maximum absolute atomic E-state index is 5.82. The molecule has 0 N–H and O–H groups in total. The first kappa shape index (κ1) is 41.8. The minimum absolute atomic E-state index is 1.02. The van der Waals surface area contributed by atoms with Crippen LogP contribution in [0.25, 0.3) is 11.1 Å². The van der Waals surface area contributed by atoms with Gasteiger partial charge in [-0.3, -0.25) is 0 Å². The summed E-state index contributed by atoms with van der Waals surface area (Å²) >= 11 is 0. The third kappa shape index (κ3) is 9.35. The van der Waals surface area contributed by atoms with E-state index in [1.165, 1.54) is 42.4 Å². The van der Waals surface area contributed by atoms with E-state index in [0.717, 1.165) is 32.9 Å². The van der Waals surface area contributed by atoms with Crippen molar-refractivity contribution in [3.05, 3.63) is 267 Å². The normalized spacial score (nSPS) is 11.4. The molecular formula is C58H44N2P4. The first-order valence-electron chi connectivity index (χ1n) is 21.4. The van der Waals surface area contributed by atoms with Crippen molar-refractivity contribution < 1.29 is 0 Å². The van der Waals surface area contributed by atoms with Gasteiger partial charge in [-0.25, -0.2) is 9.97 Å². The highest BCUT2D eigenvalue weighted by Crippen LogP contribution is 2.40. The number of benzene rings is 8. The van der Waals surface area contributed by atoms with Gasteiger partial charge in [0.2, 0.25) is 0 Å². The van der Waals surface area contributed by atoms with E-state index in [4.69, 9.17) is 9.97 Å². The Balaban J connectivity index is 1.28. The molecule has 306 valence electrons. The third-order valence-electron chi connectivity index (χ3n) is 11.0. The van der Waals surface area contributed by atoms with Crippen LogP contribution in [0.1, 0.15) is 0 Å². The van der Waals surface area contributed by atoms with Gasteiger partial charge in [-0.15, -0.1) is 0 Å². The molecule has 10 rings (SSSR count). The molecule has 8 aromatic carbocycles. The SMILES string of the molecule is c1ccc(P(c2ccccc2)c2cc(-c3cc(P(c4ccccc4)c4ccccc4)nc(P(c4ccccc4)c4ccccc4)c3)cc(P(c3ccccc3)c3ccccc3)n2)cc1. The minimum atomic E-state index is -1.02. The van der Waals surface area contributed by atoms with Gasteiger partial charge in [-0.2, -0.15) is 0 Å². The molecule has 0 atom stereocenters. The molecule has 0 aliphatic heterocycles. The van der Waals surface area contributed by atoms with E-state index < -0.39 is 31.7 Å². The van der Waals surface area contributed by atoms with Gasteiger partial charge in [0.25, 0.3) is 0 Å². The molecule has 0 radical (unpaired) electrons. The van der Waals surface area contributed by atoms with Crippen LogP contribution in [0.4, 0.5) is 0 Å². The van der Waals surface area contributed by atoms with E-state index in [1.54, 1.807) is 0 Å². The van der Waals surface area contributed by atoms with E-state index in [0.29, 0.717) is 0 Å². The summed E-state index contributed by atoms with van der Waals surface area (Å²) in [5.74, 6) is 0. The Morgan fingerprint density at radius 2 is 0.328 bits per heavy atom. The van der Waals surface area contributed by atoms with Crippen LogP contribution < -0.4 is 64.2 Å². The lowest BCUT2D eigenvalue weighted by Crippen LogP contribution is -2.32. The summed E-state index contributed by atoms with van der Waals surface area (Å²) < 4.78 is 0. The highest BCUT2D eigenvalue weighted by Gasteiger charge is 2.27. The second kappa shape index (κ2) is 20.1. The number of aromatic nitrogens is 2. The number of hydrogen-bond acceptors (Lipinski definition) is 2. The first-order valence-corrected chi connectivity index (χ1v) is 26.8. The standard InChI is InChI=1S/C58H44N2P4/c1-9-25-47(26-10-1)61(48-27-11-2-12-28-48)55-41-45(42-56(59-55)62(49-29-13-3-14-30-49)50-31-15-4-16-32-50)46-43-57(63(51-33-17-5-18-34-51)52-35-19-6-20-36-52)60-58(44-46)64(53-37-21-7-22-38-53)54-39-23-8-24-40-54/h1-44H. The summed E-state index contributed by atoms with van der Waals surface area (Å²) in [6, 6.07) is 97.3. The fourth-order valence-electron chi connectivity index (χ4n) is 8.07. The molecule has 0 unspecified atom stereocenters. The Bertz CT molecular complexity index is 2470. The molecule has 0 amide bonds. The molecule has 2 nitrogen and oxygen atoms in total. The summed E-state index contributed by atoms with van der Waals surface area (Å²) in [6.07, 6.45) is 0. The number of nitrogens with zero attached hydrogens (tertiary/aromatic N) is 2. The van der Waals surface area contributed by atoms with Gasteiger partial charge in [0.15, 0.2) is 0 Å². The Kier molecular flexibility index (Phi) is 13.1. The molecule has 0 saturated heterocycles. The van der Waals surface area contributed by atoms with Gasteiger partial charge in [0.1, 0.15) is 0 Å². The minimum Gasteiger partial charge on any atom is -0.247 e. The topological polar surface area (TPSA) is 25.8 Å². The molecule has 64 heavy (non-hydrogen) atoms. The maximum Gasteiger partial charge on any atom is 0.0735 e. The summed E-state index contributed by atoms with van der Waals surface area (Å²) in [4.78, 5) is 11.6. The lowest BCUT2D eigenvalue weighted by Gasteiger charge is -2.25. The Morgan fingerprint density at radius 3 is 0.469 bits per heavy atom. The molecule has 0 saturated carbocycles. The van der Waals surface area contributed by atoms with Crippen molar-refractivity contribution in [1.29, 1.82) is 0 Å². The van der Waals surface area contributed by atoms with Crippen LogP contribution in [0, 0.1) is 0 Å². The summed E-state index contributed by atoms with van der Waals surface area (Å²) in [7, 11) is -4.10. The molecule has 6 heteroatoms. The lowest BCUT2D eigenvalue weighted by molar-refractivity contribution is 1.43. The van der Waals surface area contributed by atoms with Gasteiger partial charge in [-0.05, 0) is 77.8 Å². The molecule has 0 aliphatic carbocycles. The first-order chi connectivity index (χ1) is 31.8. The largest absolute Gasteiger partial charge is 0.247 e. The van der Waals surface area contributed by atoms with Crippen molar-refractivity contribution in [3.63, 3.8) is 0 Å². The van der Waals surface area contributed by atoms with Gasteiger partial charge in [0.05, 0.1) is 21.7 Å². The second-order valence-electron chi connectivity index (χ2n) is 15.2. The number of hydrogen-bond donors (Lipinski definition) is 0. The van der Waals surface area contributed by atoms with E-state index in [1.807, 2.05) is 0 Å². The fourth-order valence-corrected chi connectivity index (χ4v) is 17.2. The van der Waals surface area contributed by atoms with Crippen molar-refractivity contribution in [1.82, 2.24) is 9.97 Å². The maximum atomic E-state index is 5.82. The van der Waals surface area contributed by atoms with E-state index in [9.17, 15) is 0 Å².